The number of rotatable bonds is 28. The second-order valence-corrected chi connectivity index (χ2v) is 13.5. The molecule has 2 aliphatic rings. The number of carbonyl (C=O) groups is 1. The summed E-state index contributed by atoms with van der Waals surface area (Å²) >= 11 is 0. The first-order valence-electron chi connectivity index (χ1n) is 18.4. The molecule has 42 heavy (non-hydrogen) atoms. The third kappa shape index (κ3) is 17.4. The highest BCUT2D eigenvalue weighted by Crippen LogP contribution is 2.28. The molecule has 0 amide bonds. The van der Waals surface area contributed by atoms with Gasteiger partial charge in [0.15, 0.2) is 0 Å². The van der Waals surface area contributed by atoms with Crippen LogP contribution in [-0.4, -0.2) is 46.7 Å². The first-order chi connectivity index (χ1) is 20.5. The summed E-state index contributed by atoms with van der Waals surface area (Å²) < 4.78 is 11.2. The van der Waals surface area contributed by atoms with Crippen LogP contribution in [0, 0.1) is 0 Å². The molecule has 1 fully saturated rings. The molecule has 2 N–H and O–H groups in total. The second kappa shape index (κ2) is 24.4. The summed E-state index contributed by atoms with van der Waals surface area (Å²) in [6.45, 7) is 4.18. The minimum Gasteiger partial charge on any atom is -0.455 e. The highest BCUT2D eigenvalue weighted by Gasteiger charge is 2.34. The number of esters is 1. The minimum absolute atomic E-state index is 0.0343. The maximum absolute atomic E-state index is 11.6. The smallest absolute Gasteiger partial charge is 0.334 e. The Bertz CT molecular complexity index is 692. The van der Waals surface area contributed by atoms with Crippen LogP contribution in [0.15, 0.2) is 11.6 Å². The molecule has 0 aliphatic carbocycles. The Kier molecular flexibility index (Phi) is 21.7. The topological polar surface area (TPSA) is 76.0 Å². The van der Waals surface area contributed by atoms with Gasteiger partial charge in [-0.2, -0.15) is 0 Å². The number of hydrogen-bond donors (Lipinski definition) is 2. The predicted molar refractivity (Wildman–Crippen MR) is 175 cm³/mol. The third-order valence-corrected chi connectivity index (χ3v) is 9.48. The van der Waals surface area contributed by atoms with Gasteiger partial charge in [-0.1, -0.05) is 142 Å². The van der Waals surface area contributed by atoms with E-state index < -0.39 is 0 Å². The van der Waals surface area contributed by atoms with Crippen LogP contribution in [0.4, 0.5) is 0 Å². The van der Waals surface area contributed by atoms with Crippen molar-refractivity contribution in [1.29, 1.82) is 0 Å². The van der Waals surface area contributed by atoms with E-state index >= 15 is 0 Å². The van der Waals surface area contributed by atoms with Crippen molar-refractivity contribution in [3.63, 3.8) is 0 Å². The molecular weight excluding hydrogens is 524 g/mol. The van der Waals surface area contributed by atoms with Crippen molar-refractivity contribution in [3.05, 3.63) is 11.6 Å². The van der Waals surface area contributed by atoms with Crippen LogP contribution in [-0.2, 0) is 14.3 Å². The van der Waals surface area contributed by atoms with E-state index in [0.717, 1.165) is 56.9 Å². The molecule has 0 spiro atoms. The molecule has 0 aromatic carbocycles. The van der Waals surface area contributed by atoms with Gasteiger partial charge < -0.3 is 19.7 Å². The summed E-state index contributed by atoms with van der Waals surface area (Å²) in [6.07, 6.45) is 33.5. The zero-order valence-electron chi connectivity index (χ0n) is 27.7. The molecular formula is C37H68O5. The first-order valence-corrected chi connectivity index (χ1v) is 18.4. The van der Waals surface area contributed by atoms with Crippen molar-refractivity contribution in [2.45, 2.75) is 218 Å². The van der Waals surface area contributed by atoms with Crippen LogP contribution in [0.3, 0.4) is 0 Å². The van der Waals surface area contributed by atoms with E-state index in [-0.39, 0.29) is 36.5 Å². The van der Waals surface area contributed by atoms with Crippen molar-refractivity contribution < 1.29 is 24.5 Å². The quantitative estimate of drug-likeness (QED) is 0.0698. The fraction of sp³-hybridized carbons (Fsp3) is 0.919. The van der Waals surface area contributed by atoms with E-state index in [4.69, 9.17) is 9.47 Å². The Hall–Kier alpha value is -0.910. The highest BCUT2D eigenvalue weighted by atomic mass is 16.5. The van der Waals surface area contributed by atoms with Gasteiger partial charge in [0.25, 0.3) is 0 Å². The molecule has 5 heteroatoms. The van der Waals surface area contributed by atoms with Crippen molar-refractivity contribution in [1.82, 2.24) is 0 Å². The zero-order chi connectivity index (χ0) is 30.3. The van der Waals surface area contributed by atoms with Crippen LogP contribution in [0.1, 0.15) is 187 Å². The molecule has 1 saturated heterocycles. The molecule has 2 heterocycles. The van der Waals surface area contributed by atoms with Crippen LogP contribution in [0.5, 0.6) is 0 Å². The number of aliphatic hydroxyl groups is 2. The summed E-state index contributed by atoms with van der Waals surface area (Å²) in [6, 6.07) is 0. The SMILES string of the molecule is CCCCCCCCCC[C@H](O)[C@H]1CC[C@H]([C@@H](O)CCCCCCCCCCCCCCCCC2=C[C@H](C)OC2=O)O1. The number of aliphatic hydroxyl groups excluding tert-OH is 2. The van der Waals surface area contributed by atoms with Gasteiger partial charge >= 0.3 is 5.97 Å². The number of ether oxygens (including phenoxy) is 2. The van der Waals surface area contributed by atoms with Gasteiger partial charge in [0.05, 0.1) is 24.4 Å². The van der Waals surface area contributed by atoms with E-state index in [1.165, 1.54) is 122 Å². The second-order valence-electron chi connectivity index (χ2n) is 13.5. The molecule has 0 saturated carbocycles. The van der Waals surface area contributed by atoms with Crippen LogP contribution >= 0.6 is 0 Å². The molecule has 0 radical (unpaired) electrons. The van der Waals surface area contributed by atoms with Gasteiger partial charge in [-0.05, 0) is 51.5 Å². The van der Waals surface area contributed by atoms with E-state index in [9.17, 15) is 15.0 Å². The van der Waals surface area contributed by atoms with Crippen LogP contribution in [0.2, 0.25) is 0 Å². The summed E-state index contributed by atoms with van der Waals surface area (Å²) in [7, 11) is 0. The molecule has 5 nitrogen and oxygen atoms in total. The van der Waals surface area contributed by atoms with Crippen molar-refractivity contribution in [3.8, 4) is 0 Å². The Morgan fingerprint density at radius 3 is 1.40 bits per heavy atom. The number of carbonyl (C=O) groups excluding carboxylic acids is 1. The lowest BCUT2D eigenvalue weighted by atomic mass is 10.00. The lowest BCUT2D eigenvalue weighted by Crippen LogP contribution is -2.31. The fourth-order valence-corrected chi connectivity index (χ4v) is 6.72. The van der Waals surface area contributed by atoms with E-state index in [1.807, 2.05) is 13.0 Å². The zero-order valence-corrected chi connectivity index (χ0v) is 27.7. The van der Waals surface area contributed by atoms with Gasteiger partial charge in [0, 0.05) is 5.57 Å². The van der Waals surface area contributed by atoms with E-state index in [0.29, 0.717) is 0 Å². The molecule has 2 rings (SSSR count). The maximum Gasteiger partial charge on any atom is 0.334 e. The Morgan fingerprint density at radius 2 is 1.02 bits per heavy atom. The average Bonchev–Trinajstić information content (AvgIpc) is 3.60. The molecule has 5 atom stereocenters. The maximum atomic E-state index is 11.6. The summed E-state index contributed by atoms with van der Waals surface area (Å²) in [5.74, 6) is -0.106. The molecule has 0 unspecified atom stereocenters. The van der Waals surface area contributed by atoms with E-state index in [1.54, 1.807) is 0 Å². The molecule has 2 aliphatic heterocycles. The highest BCUT2D eigenvalue weighted by molar-refractivity contribution is 5.90. The third-order valence-electron chi connectivity index (χ3n) is 9.48. The first kappa shape index (κ1) is 37.3. The average molecular weight is 593 g/mol. The minimum atomic E-state index is -0.377. The van der Waals surface area contributed by atoms with Gasteiger partial charge in [0.1, 0.15) is 6.10 Å². The molecule has 246 valence electrons. The molecule has 0 bridgehead atoms. The number of cyclic esters (lactones) is 1. The fourth-order valence-electron chi connectivity index (χ4n) is 6.72. The Labute approximate surface area is 259 Å². The lowest BCUT2D eigenvalue weighted by molar-refractivity contribution is -0.139. The van der Waals surface area contributed by atoms with Gasteiger partial charge in [-0.3, -0.25) is 0 Å². The van der Waals surface area contributed by atoms with Gasteiger partial charge in [-0.15, -0.1) is 0 Å². The van der Waals surface area contributed by atoms with Crippen molar-refractivity contribution in [2.24, 2.45) is 0 Å². The largest absolute Gasteiger partial charge is 0.455 e. The summed E-state index contributed by atoms with van der Waals surface area (Å²) in [5.41, 5.74) is 0.882. The normalized spacial score (nSPS) is 22.0. The standard InChI is InChI=1S/C37H68O5/c1-3-4-5-6-7-17-20-23-26-33(38)35-28-29-36(42-35)34(39)27-24-21-18-15-13-11-9-8-10-12-14-16-19-22-25-32-30-31(2)41-37(32)40/h30-31,33-36,38-39H,3-29H2,1-2H3/t31-,33-,34-,35+,36+/m0/s1. The van der Waals surface area contributed by atoms with Crippen molar-refractivity contribution >= 4 is 5.97 Å². The Balaban J connectivity index is 1.30. The lowest BCUT2D eigenvalue weighted by Gasteiger charge is -2.22. The molecule has 0 aromatic rings. The molecule has 0 aromatic heterocycles. The van der Waals surface area contributed by atoms with Crippen LogP contribution < -0.4 is 0 Å². The number of unbranched alkanes of at least 4 members (excludes halogenated alkanes) is 20. The summed E-state index contributed by atoms with van der Waals surface area (Å²) in [4.78, 5) is 11.6. The van der Waals surface area contributed by atoms with Crippen molar-refractivity contribution in [2.75, 3.05) is 0 Å². The van der Waals surface area contributed by atoms with Gasteiger partial charge in [0.2, 0.25) is 0 Å². The summed E-state index contributed by atoms with van der Waals surface area (Å²) in [5, 5.41) is 21.2. The van der Waals surface area contributed by atoms with Crippen LogP contribution in [0.25, 0.3) is 0 Å². The predicted octanol–water partition coefficient (Wildman–Crippen LogP) is 9.90. The van der Waals surface area contributed by atoms with Gasteiger partial charge in [-0.25, -0.2) is 4.79 Å². The monoisotopic (exact) mass is 593 g/mol. The van der Waals surface area contributed by atoms with E-state index in [2.05, 4.69) is 6.92 Å². The number of hydrogen-bond acceptors (Lipinski definition) is 5. The Morgan fingerprint density at radius 1 is 0.643 bits per heavy atom.